The van der Waals surface area contributed by atoms with Crippen LogP contribution in [0.3, 0.4) is 0 Å². The lowest BCUT2D eigenvalue weighted by atomic mass is 10.1. The van der Waals surface area contributed by atoms with Crippen molar-refractivity contribution < 1.29 is 0 Å². The minimum atomic E-state index is 1.14. The fraction of sp³-hybridized carbons (Fsp3) is 0.231. The Kier molecular flexibility index (Phi) is 3.07. The minimum absolute atomic E-state index is 1.14. The molecule has 1 aromatic carbocycles. The van der Waals surface area contributed by atoms with Gasteiger partial charge in [0.15, 0.2) is 0 Å². The van der Waals surface area contributed by atoms with Gasteiger partial charge in [-0.15, -0.1) is 0 Å². The summed E-state index contributed by atoms with van der Waals surface area (Å²) in [5.74, 6) is 0. The minimum Gasteiger partial charge on any atom is -0.0909 e. The zero-order valence-electron chi connectivity index (χ0n) is 8.59. The Labute approximate surface area is 79.9 Å². The maximum absolute atomic E-state index is 4.07. The first-order chi connectivity index (χ1) is 6.16. The number of aryl methyl sites for hydroxylation is 1. The van der Waals surface area contributed by atoms with Gasteiger partial charge in [0.2, 0.25) is 0 Å². The summed E-state index contributed by atoms with van der Waals surface area (Å²) in [6.07, 6.45) is 4.17. The van der Waals surface area contributed by atoms with Crippen molar-refractivity contribution in [1.29, 1.82) is 0 Å². The molecule has 0 unspecified atom stereocenters. The lowest BCUT2D eigenvalue weighted by Crippen LogP contribution is -2.26. The van der Waals surface area contributed by atoms with Crippen LogP contribution in [0.2, 0.25) is 0 Å². The van der Waals surface area contributed by atoms with Gasteiger partial charge >= 0.3 is 0 Å². The van der Waals surface area contributed by atoms with E-state index in [9.17, 15) is 0 Å². The fourth-order valence-corrected chi connectivity index (χ4v) is 1.41. The van der Waals surface area contributed by atoms with Crippen molar-refractivity contribution in [3.05, 3.63) is 46.4 Å². The van der Waals surface area contributed by atoms with E-state index >= 15 is 0 Å². The highest BCUT2D eigenvalue weighted by molar-refractivity contribution is 5.54. The number of hydrogen-bond acceptors (Lipinski definition) is 0. The van der Waals surface area contributed by atoms with Crippen molar-refractivity contribution >= 4 is 12.2 Å². The van der Waals surface area contributed by atoms with Gasteiger partial charge in [-0.2, -0.15) is 0 Å². The molecular formula is C13H16. The van der Waals surface area contributed by atoms with Gasteiger partial charge in [-0.05, 0) is 42.3 Å². The predicted molar refractivity (Wildman–Crippen MR) is 59.8 cm³/mol. The monoisotopic (exact) mass is 172 g/mol. The van der Waals surface area contributed by atoms with Crippen LogP contribution in [0.5, 0.6) is 0 Å². The third-order valence-corrected chi connectivity index (χ3v) is 2.25. The van der Waals surface area contributed by atoms with E-state index in [1.165, 1.54) is 16.4 Å². The van der Waals surface area contributed by atoms with E-state index in [4.69, 9.17) is 0 Å². The molecule has 0 aliphatic rings. The standard InChI is InChI=1S/C13H16/c1-5-7-11(3)13-9-6-8-10(2)12(13)4/h5-9H,4H2,1-3H3/b7-5-,13-11-. The summed E-state index contributed by atoms with van der Waals surface area (Å²) in [5.41, 5.74) is 2.53. The van der Waals surface area contributed by atoms with Gasteiger partial charge in [0.25, 0.3) is 0 Å². The summed E-state index contributed by atoms with van der Waals surface area (Å²) in [5, 5.41) is 2.39. The summed E-state index contributed by atoms with van der Waals surface area (Å²) >= 11 is 0. The predicted octanol–water partition coefficient (Wildman–Crippen LogP) is 2.15. The molecular weight excluding hydrogens is 156 g/mol. The Morgan fingerprint density at radius 1 is 1.38 bits per heavy atom. The van der Waals surface area contributed by atoms with E-state index in [1.54, 1.807) is 0 Å². The largest absolute Gasteiger partial charge is 0.0909 e. The highest BCUT2D eigenvalue weighted by Crippen LogP contribution is 1.92. The lowest BCUT2D eigenvalue weighted by molar-refractivity contribution is 1.36. The average Bonchev–Trinajstić information content (AvgIpc) is 2.10. The van der Waals surface area contributed by atoms with Crippen LogP contribution >= 0.6 is 0 Å². The molecule has 0 heteroatoms. The molecule has 0 saturated heterocycles. The first-order valence-corrected chi connectivity index (χ1v) is 4.55. The second-order valence-electron chi connectivity index (χ2n) is 3.28. The van der Waals surface area contributed by atoms with Crippen LogP contribution in [-0.4, -0.2) is 0 Å². The summed E-state index contributed by atoms with van der Waals surface area (Å²) in [6.45, 7) is 10.3. The molecule has 13 heavy (non-hydrogen) atoms. The molecule has 0 aliphatic heterocycles. The molecule has 1 rings (SSSR count). The van der Waals surface area contributed by atoms with Crippen LogP contribution in [0.1, 0.15) is 19.4 Å². The third-order valence-electron chi connectivity index (χ3n) is 2.25. The maximum atomic E-state index is 4.07. The number of hydrogen-bond donors (Lipinski definition) is 0. The SMILES string of the molecule is C=c1c(C)ccc/c1=C(C)/C=C\C. The third kappa shape index (κ3) is 2.09. The molecule has 0 nitrogen and oxygen atoms in total. The van der Waals surface area contributed by atoms with Gasteiger partial charge < -0.3 is 0 Å². The molecule has 0 atom stereocenters. The van der Waals surface area contributed by atoms with Crippen LogP contribution in [0.4, 0.5) is 0 Å². The highest BCUT2D eigenvalue weighted by atomic mass is 13.9. The fourth-order valence-electron chi connectivity index (χ4n) is 1.41. The smallest absolute Gasteiger partial charge is 0.0158 e. The average molecular weight is 172 g/mol. The van der Waals surface area contributed by atoms with E-state index in [0.717, 1.165) is 5.22 Å². The molecule has 68 valence electrons. The molecule has 0 aliphatic carbocycles. The van der Waals surface area contributed by atoms with E-state index in [-0.39, 0.29) is 0 Å². The summed E-state index contributed by atoms with van der Waals surface area (Å²) in [6, 6.07) is 6.28. The molecule has 0 heterocycles. The number of rotatable bonds is 1. The van der Waals surface area contributed by atoms with E-state index in [0.29, 0.717) is 0 Å². The molecule has 0 N–H and O–H groups in total. The second-order valence-corrected chi connectivity index (χ2v) is 3.28. The van der Waals surface area contributed by atoms with Crippen molar-refractivity contribution in [2.45, 2.75) is 20.8 Å². The molecule has 0 amide bonds. The Hall–Kier alpha value is -1.30. The van der Waals surface area contributed by atoms with E-state index in [1.807, 2.05) is 6.92 Å². The van der Waals surface area contributed by atoms with Crippen LogP contribution in [0.25, 0.3) is 12.2 Å². The molecule has 0 bridgehead atoms. The van der Waals surface area contributed by atoms with Crippen LogP contribution in [0.15, 0.2) is 30.4 Å². The first-order valence-electron chi connectivity index (χ1n) is 4.55. The van der Waals surface area contributed by atoms with Crippen LogP contribution in [-0.2, 0) is 0 Å². The Morgan fingerprint density at radius 2 is 2.08 bits per heavy atom. The summed E-state index contributed by atoms with van der Waals surface area (Å²) in [7, 11) is 0. The van der Waals surface area contributed by atoms with Gasteiger partial charge in [-0.3, -0.25) is 0 Å². The van der Waals surface area contributed by atoms with Crippen LogP contribution in [0, 0.1) is 6.92 Å². The van der Waals surface area contributed by atoms with Crippen molar-refractivity contribution in [2.75, 3.05) is 0 Å². The number of benzene rings is 1. The zero-order valence-corrected chi connectivity index (χ0v) is 8.59. The zero-order chi connectivity index (χ0) is 9.84. The first kappa shape index (κ1) is 9.79. The van der Waals surface area contributed by atoms with Crippen molar-refractivity contribution in [3.8, 4) is 0 Å². The summed E-state index contributed by atoms with van der Waals surface area (Å²) in [4.78, 5) is 0. The molecule has 0 spiro atoms. The van der Waals surface area contributed by atoms with Gasteiger partial charge in [0.1, 0.15) is 0 Å². The molecule has 0 radical (unpaired) electrons. The van der Waals surface area contributed by atoms with Gasteiger partial charge in [-0.25, -0.2) is 0 Å². The quantitative estimate of drug-likeness (QED) is 0.609. The molecule has 1 aromatic rings. The highest BCUT2D eigenvalue weighted by Gasteiger charge is 1.89. The Balaban J connectivity index is 3.55. The molecule has 0 aromatic heterocycles. The van der Waals surface area contributed by atoms with Crippen molar-refractivity contribution in [1.82, 2.24) is 0 Å². The normalized spacial score (nSPS) is 13.5. The van der Waals surface area contributed by atoms with Gasteiger partial charge in [-0.1, -0.05) is 36.9 Å². The van der Waals surface area contributed by atoms with Crippen molar-refractivity contribution in [2.24, 2.45) is 0 Å². The molecule has 0 fully saturated rings. The Bertz CT molecular complexity index is 422. The second kappa shape index (κ2) is 4.08. The topological polar surface area (TPSA) is 0 Å². The van der Waals surface area contributed by atoms with Crippen LogP contribution < -0.4 is 10.4 Å². The van der Waals surface area contributed by atoms with Gasteiger partial charge in [0.05, 0.1) is 0 Å². The lowest BCUT2D eigenvalue weighted by Gasteiger charge is -1.97. The summed E-state index contributed by atoms with van der Waals surface area (Å²) < 4.78 is 0. The van der Waals surface area contributed by atoms with E-state index in [2.05, 4.69) is 50.8 Å². The molecule has 0 saturated carbocycles. The van der Waals surface area contributed by atoms with E-state index < -0.39 is 0 Å². The van der Waals surface area contributed by atoms with Gasteiger partial charge in [0, 0.05) is 0 Å². The maximum Gasteiger partial charge on any atom is -0.0158 e. The number of allylic oxidation sites excluding steroid dienone is 2. The Morgan fingerprint density at radius 3 is 2.69 bits per heavy atom. The van der Waals surface area contributed by atoms with Crippen molar-refractivity contribution in [3.63, 3.8) is 0 Å².